The molecular formula is C21H21N3O3. The zero-order valence-electron chi connectivity index (χ0n) is 15.2. The molecule has 0 saturated carbocycles. The molecule has 3 rings (SSSR count). The van der Waals surface area contributed by atoms with Gasteiger partial charge in [-0.3, -0.25) is 9.59 Å². The Morgan fingerprint density at radius 2 is 1.74 bits per heavy atom. The van der Waals surface area contributed by atoms with Crippen molar-refractivity contribution in [3.05, 3.63) is 83.7 Å². The number of benzene rings is 2. The van der Waals surface area contributed by atoms with E-state index in [9.17, 15) is 14.7 Å². The van der Waals surface area contributed by atoms with Gasteiger partial charge in [0, 0.05) is 11.8 Å². The van der Waals surface area contributed by atoms with E-state index < -0.39 is 17.9 Å². The van der Waals surface area contributed by atoms with Crippen molar-refractivity contribution in [1.82, 2.24) is 15.1 Å². The minimum atomic E-state index is -0.964. The lowest BCUT2D eigenvalue weighted by atomic mass is 9.94. The summed E-state index contributed by atoms with van der Waals surface area (Å²) >= 11 is 0. The number of nitrogens with zero attached hydrogens (tertiary/aromatic N) is 2. The fourth-order valence-electron chi connectivity index (χ4n) is 2.84. The van der Waals surface area contributed by atoms with Crippen LogP contribution < -0.4 is 5.32 Å². The first-order valence-electron chi connectivity index (χ1n) is 8.66. The fourth-order valence-corrected chi connectivity index (χ4v) is 2.84. The molecule has 0 aliphatic heterocycles. The summed E-state index contributed by atoms with van der Waals surface area (Å²) in [5, 5.41) is 16.5. The zero-order valence-corrected chi connectivity index (χ0v) is 15.2. The number of hydrogen-bond donors (Lipinski definition) is 2. The van der Waals surface area contributed by atoms with Gasteiger partial charge in [0.25, 0.3) is 5.91 Å². The smallest absolute Gasteiger partial charge is 0.308 e. The maximum absolute atomic E-state index is 12.7. The number of aromatic nitrogens is 2. The standard InChI is InChI=1S/C21H21N3O3/c1-14-12-22-24(13-14)18-10-8-17(9-11-18)20(25)23-19(15(2)21(26)27)16-6-4-3-5-7-16/h3-13,15,19H,1-2H3,(H,23,25)(H,26,27)/t15-,19+/m0/s1. The van der Waals surface area contributed by atoms with E-state index in [1.807, 2.05) is 43.5 Å². The Labute approximate surface area is 157 Å². The first-order chi connectivity index (χ1) is 13.0. The van der Waals surface area contributed by atoms with Crippen LogP contribution in [0.4, 0.5) is 0 Å². The molecule has 6 heteroatoms. The van der Waals surface area contributed by atoms with Crippen LogP contribution >= 0.6 is 0 Å². The van der Waals surface area contributed by atoms with Crippen LogP contribution in [0.1, 0.15) is 34.5 Å². The monoisotopic (exact) mass is 363 g/mol. The van der Waals surface area contributed by atoms with Crippen molar-refractivity contribution in [3.8, 4) is 5.69 Å². The topological polar surface area (TPSA) is 84.2 Å². The van der Waals surface area contributed by atoms with E-state index in [0.29, 0.717) is 5.56 Å². The Bertz CT molecular complexity index is 933. The number of carbonyl (C=O) groups excluding carboxylic acids is 1. The fraction of sp³-hybridized carbons (Fsp3) is 0.190. The van der Waals surface area contributed by atoms with Crippen LogP contribution in [-0.4, -0.2) is 26.8 Å². The van der Waals surface area contributed by atoms with Gasteiger partial charge >= 0.3 is 5.97 Å². The molecule has 27 heavy (non-hydrogen) atoms. The second kappa shape index (κ2) is 7.86. The molecule has 0 bridgehead atoms. The molecule has 6 nitrogen and oxygen atoms in total. The van der Waals surface area contributed by atoms with Gasteiger partial charge in [-0.15, -0.1) is 0 Å². The van der Waals surface area contributed by atoms with Crippen LogP contribution in [0.15, 0.2) is 67.0 Å². The van der Waals surface area contributed by atoms with E-state index in [2.05, 4.69) is 10.4 Å². The number of hydrogen-bond acceptors (Lipinski definition) is 3. The van der Waals surface area contributed by atoms with E-state index in [0.717, 1.165) is 16.8 Å². The van der Waals surface area contributed by atoms with Crippen molar-refractivity contribution in [2.45, 2.75) is 19.9 Å². The van der Waals surface area contributed by atoms with Crippen molar-refractivity contribution in [2.75, 3.05) is 0 Å². The SMILES string of the molecule is Cc1cnn(-c2ccc(C(=O)N[C@@H](c3ccccc3)[C@H](C)C(=O)O)cc2)c1. The highest BCUT2D eigenvalue weighted by atomic mass is 16.4. The quantitative estimate of drug-likeness (QED) is 0.703. The van der Waals surface area contributed by atoms with E-state index >= 15 is 0 Å². The van der Waals surface area contributed by atoms with Gasteiger partial charge in [0.15, 0.2) is 0 Å². The molecule has 0 radical (unpaired) electrons. The molecule has 1 heterocycles. The number of carbonyl (C=O) groups is 2. The highest BCUT2D eigenvalue weighted by Crippen LogP contribution is 2.23. The van der Waals surface area contributed by atoms with Crippen LogP contribution in [0.25, 0.3) is 5.69 Å². The normalized spacial score (nSPS) is 13.0. The second-order valence-electron chi connectivity index (χ2n) is 6.50. The summed E-state index contributed by atoms with van der Waals surface area (Å²) in [6.07, 6.45) is 3.66. The molecule has 2 N–H and O–H groups in total. The summed E-state index contributed by atoms with van der Waals surface area (Å²) in [4.78, 5) is 24.2. The largest absolute Gasteiger partial charge is 0.481 e. The number of nitrogens with one attached hydrogen (secondary N) is 1. The van der Waals surface area contributed by atoms with Crippen LogP contribution in [0.2, 0.25) is 0 Å². The molecule has 1 aromatic heterocycles. The van der Waals surface area contributed by atoms with E-state index in [1.165, 1.54) is 0 Å². The average molecular weight is 363 g/mol. The summed E-state index contributed by atoms with van der Waals surface area (Å²) < 4.78 is 1.73. The summed E-state index contributed by atoms with van der Waals surface area (Å²) in [6, 6.07) is 15.5. The maximum Gasteiger partial charge on any atom is 0.308 e. The summed E-state index contributed by atoms with van der Waals surface area (Å²) in [5.41, 5.74) is 3.11. The highest BCUT2D eigenvalue weighted by Gasteiger charge is 2.27. The number of carboxylic acids is 1. The van der Waals surface area contributed by atoms with Gasteiger partial charge in [-0.05, 0) is 49.2 Å². The number of rotatable bonds is 6. The zero-order chi connectivity index (χ0) is 19.4. The first kappa shape index (κ1) is 18.4. The van der Waals surface area contributed by atoms with Crippen LogP contribution in [0.3, 0.4) is 0 Å². The lowest BCUT2D eigenvalue weighted by molar-refractivity contribution is -0.142. The molecule has 0 saturated heterocycles. The van der Waals surface area contributed by atoms with E-state index in [4.69, 9.17) is 0 Å². The second-order valence-corrected chi connectivity index (χ2v) is 6.50. The number of aliphatic carboxylic acids is 1. The van der Waals surface area contributed by atoms with Crippen molar-refractivity contribution in [1.29, 1.82) is 0 Å². The molecule has 0 unspecified atom stereocenters. The first-order valence-corrected chi connectivity index (χ1v) is 8.66. The van der Waals surface area contributed by atoms with Gasteiger partial charge in [0.2, 0.25) is 0 Å². The van der Waals surface area contributed by atoms with Crippen LogP contribution in [0, 0.1) is 12.8 Å². The number of carboxylic acid groups (broad SMARTS) is 1. The van der Waals surface area contributed by atoms with Crippen molar-refractivity contribution in [2.24, 2.45) is 5.92 Å². The summed E-state index contributed by atoms with van der Waals surface area (Å²) in [6.45, 7) is 3.54. The van der Waals surface area contributed by atoms with Gasteiger partial charge in [0.1, 0.15) is 0 Å². The minimum absolute atomic E-state index is 0.319. The third-order valence-corrected chi connectivity index (χ3v) is 4.44. The van der Waals surface area contributed by atoms with Gasteiger partial charge in [-0.2, -0.15) is 5.10 Å². The lowest BCUT2D eigenvalue weighted by Gasteiger charge is -2.23. The Morgan fingerprint density at radius 3 is 2.30 bits per heavy atom. The molecular weight excluding hydrogens is 342 g/mol. The minimum Gasteiger partial charge on any atom is -0.481 e. The molecule has 0 fully saturated rings. The van der Waals surface area contributed by atoms with Crippen molar-refractivity contribution >= 4 is 11.9 Å². The van der Waals surface area contributed by atoms with Crippen molar-refractivity contribution in [3.63, 3.8) is 0 Å². The number of amides is 1. The Balaban J connectivity index is 1.80. The van der Waals surface area contributed by atoms with E-state index in [1.54, 1.807) is 42.1 Å². The van der Waals surface area contributed by atoms with Gasteiger partial charge in [-0.1, -0.05) is 30.3 Å². The summed E-state index contributed by atoms with van der Waals surface area (Å²) in [5.74, 6) is -2.05. The van der Waals surface area contributed by atoms with Gasteiger partial charge in [-0.25, -0.2) is 4.68 Å². The Kier molecular flexibility index (Phi) is 5.35. The maximum atomic E-state index is 12.7. The van der Waals surface area contributed by atoms with Crippen LogP contribution in [0.5, 0.6) is 0 Å². The highest BCUT2D eigenvalue weighted by molar-refractivity contribution is 5.95. The molecule has 138 valence electrons. The number of aryl methyl sites for hydroxylation is 1. The van der Waals surface area contributed by atoms with Gasteiger partial charge < -0.3 is 10.4 Å². The predicted octanol–water partition coefficient (Wildman–Crippen LogP) is 3.37. The predicted molar refractivity (Wildman–Crippen MR) is 102 cm³/mol. The third kappa shape index (κ3) is 4.23. The Hall–Kier alpha value is -3.41. The third-order valence-electron chi connectivity index (χ3n) is 4.44. The lowest BCUT2D eigenvalue weighted by Crippen LogP contribution is -2.35. The molecule has 2 aromatic carbocycles. The van der Waals surface area contributed by atoms with Gasteiger partial charge in [0.05, 0.1) is 23.8 Å². The molecule has 0 spiro atoms. The van der Waals surface area contributed by atoms with Crippen LogP contribution in [-0.2, 0) is 4.79 Å². The summed E-state index contributed by atoms with van der Waals surface area (Å²) in [7, 11) is 0. The molecule has 3 aromatic rings. The van der Waals surface area contributed by atoms with Crippen molar-refractivity contribution < 1.29 is 14.7 Å². The molecule has 2 atom stereocenters. The molecule has 0 aliphatic carbocycles. The Morgan fingerprint density at radius 1 is 1.07 bits per heavy atom. The molecule has 0 aliphatic rings. The molecule has 1 amide bonds. The average Bonchev–Trinajstić information content (AvgIpc) is 3.12. The van der Waals surface area contributed by atoms with E-state index in [-0.39, 0.29) is 5.91 Å².